The van der Waals surface area contributed by atoms with Crippen LogP contribution in [-0.4, -0.2) is 69.4 Å². The van der Waals surface area contributed by atoms with Gasteiger partial charge in [-0.2, -0.15) is 0 Å². The summed E-state index contributed by atoms with van der Waals surface area (Å²) in [4.78, 5) is 57.4. The molecule has 1 aromatic carbocycles. The number of carbonyl (C=O) groups excluding carboxylic acids is 2. The molecule has 0 fully saturated rings. The SMILES string of the molecule is N[C@@H](CCC(=O)N[C@@H](CSC(C(=O)O)c1ccccc1)C(=O)NCC(=O)O)C(=O)O. The largest absolute Gasteiger partial charge is 0.480 e. The number of benzene rings is 1. The van der Waals surface area contributed by atoms with Crippen LogP contribution in [0.4, 0.5) is 0 Å². The zero-order valence-corrected chi connectivity index (χ0v) is 16.6. The zero-order chi connectivity index (χ0) is 22.7. The first-order valence-electron chi connectivity index (χ1n) is 8.78. The molecule has 1 unspecified atom stereocenters. The molecule has 0 heterocycles. The molecule has 12 heteroatoms. The average Bonchev–Trinajstić information content (AvgIpc) is 2.69. The standard InChI is InChI=1S/C18H23N3O8S/c19-11(17(26)27)6-7-13(22)21-12(16(25)20-8-14(23)24)9-30-15(18(28)29)10-4-2-1-3-5-10/h1-5,11-12,15H,6-9,19H2,(H,20,25)(H,21,22)(H,23,24)(H,26,27)(H,28,29)/t11-,12-,15?/m0/s1. The predicted molar refractivity (Wildman–Crippen MR) is 107 cm³/mol. The number of hydrogen-bond acceptors (Lipinski definition) is 7. The smallest absolute Gasteiger partial charge is 0.322 e. The third kappa shape index (κ3) is 8.92. The zero-order valence-electron chi connectivity index (χ0n) is 15.8. The quantitative estimate of drug-likeness (QED) is 0.230. The van der Waals surface area contributed by atoms with Crippen molar-refractivity contribution in [2.24, 2.45) is 5.73 Å². The molecule has 0 aliphatic rings. The van der Waals surface area contributed by atoms with Gasteiger partial charge in [-0.05, 0) is 12.0 Å². The van der Waals surface area contributed by atoms with Gasteiger partial charge in [0.15, 0.2) is 0 Å². The summed E-state index contributed by atoms with van der Waals surface area (Å²) in [7, 11) is 0. The predicted octanol–water partition coefficient (Wildman–Crippen LogP) is -0.577. The van der Waals surface area contributed by atoms with Crippen LogP contribution in [0.25, 0.3) is 0 Å². The second-order valence-electron chi connectivity index (χ2n) is 6.18. The summed E-state index contributed by atoms with van der Waals surface area (Å²) in [5.74, 6) is -5.35. The summed E-state index contributed by atoms with van der Waals surface area (Å²) in [5, 5.41) is 30.4. The highest BCUT2D eigenvalue weighted by Gasteiger charge is 2.27. The van der Waals surface area contributed by atoms with E-state index in [1.165, 1.54) is 0 Å². The van der Waals surface area contributed by atoms with Crippen molar-refractivity contribution in [3.63, 3.8) is 0 Å². The van der Waals surface area contributed by atoms with Gasteiger partial charge in [0, 0.05) is 12.2 Å². The van der Waals surface area contributed by atoms with E-state index in [1.807, 2.05) is 0 Å². The molecule has 0 bridgehead atoms. The van der Waals surface area contributed by atoms with Crippen LogP contribution in [0.2, 0.25) is 0 Å². The third-order valence-electron chi connectivity index (χ3n) is 3.82. The van der Waals surface area contributed by atoms with E-state index in [-0.39, 0.29) is 18.6 Å². The van der Waals surface area contributed by atoms with Crippen molar-refractivity contribution in [3.05, 3.63) is 35.9 Å². The lowest BCUT2D eigenvalue weighted by Crippen LogP contribution is -2.49. The van der Waals surface area contributed by atoms with Gasteiger partial charge in [0.05, 0.1) is 0 Å². The second-order valence-corrected chi connectivity index (χ2v) is 7.32. The van der Waals surface area contributed by atoms with Gasteiger partial charge in [-0.1, -0.05) is 30.3 Å². The highest BCUT2D eigenvalue weighted by Crippen LogP contribution is 2.29. The topological polar surface area (TPSA) is 196 Å². The van der Waals surface area contributed by atoms with Crippen LogP contribution in [0.15, 0.2) is 30.3 Å². The molecule has 0 aliphatic heterocycles. The lowest BCUT2D eigenvalue weighted by Gasteiger charge is -2.20. The fourth-order valence-corrected chi connectivity index (χ4v) is 3.39. The Balaban J connectivity index is 2.82. The van der Waals surface area contributed by atoms with Crippen molar-refractivity contribution in [1.82, 2.24) is 10.6 Å². The fourth-order valence-electron chi connectivity index (χ4n) is 2.28. The number of carbonyl (C=O) groups is 5. The first-order chi connectivity index (χ1) is 14.1. The normalized spacial score (nSPS) is 13.5. The Bertz CT molecular complexity index is 774. The fraction of sp³-hybridized carbons (Fsp3) is 0.389. The molecule has 11 nitrogen and oxygen atoms in total. The number of nitrogens with two attached hydrogens (primary N) is 1. The lowest BCUT2D eigenvalue weighted by atomic mass is 10.1. The van der Waals surface area contributed by atoms with Gasteiger partial charge in [-0.3, -0.25) is 24.0 Å². The first-order valence-corrected chi connectivity index (χ1v) is 9.83. The van der Waals surface area contributed by atoms with E-state index >= 15 is 0 Å². The van der Waals surface area contributed by atoms with Crippen molar-refractivity contribution in [2.75, 3.05) is 12.3 Å². The summed E-state index contributed by atoms with van der Waals surface area (Å²) in [6.45, 7) is -0.680. The molecule has 2 amide bonds. The number of nitrogens with one attached hydrogen (secondary N) is 2. The molecule has 7 N–H and O–H groups in total. The van der Waals surface area contributed by atoms with Gasteiger partial charge in [-0.15, -0.1) is 11.8 Å². The molecule has 0 aliphatic carbocycles. The number of amides is 2. The van der Waals surface area contributed by atoms with Crippen molar-refractivity contribution in [2.45, 2.75) is 30.2 Å². The van der Waals surface area contributed by atoms with E-state index < -0.39 is 53.6 Å². The van der Waals surface area contributed by atoms with E-state index in [0.29, 0.717) is 5.56 Å². The maximum Gasteiger partial charge on any atom is 0.322 e. The van der Waals surface area contributed by atoms with E-state index in [0.717, 1.165) is 11.8 Å². The van der Waals surface area contributed by atoms with Crippen LogP contribution in [0.1, 0.15) is 23.7 Å². The van der Waals surface area contributed by atoms with Gasteiger partial charge < -0.3 is 31.7 Å². The molecule has 1 rings (SSSR count). The molecular formula is C18H23N3O8S. The van der Waals surface area contributed by atoms with Crippen molar-refractivity contribution in [3.8, 4) is 0 Å². The number of hydrogen-bond donors (Lipinski definition) is 6. The van der Waals surface area contributed by atoms with E-state index in [2.05, 4.69) is 10.6 Å². The Morgan fingerprint density at radius 1 is 1.00 bits per heavy atom. The summed E-state index contributed by atoms with van der Waals surface area (Å²) < 4.78 is 0. The molecule has 0 saturated carbocycles. The first kappa shape index (κ1) is 24.9. The summed E-state index contributed by atoms with van der Waals surface area (Å²) in [6.07, 6.45) is -0.443. The molecular weight excluding hydrogens is 418 g/mol. The minimum absolute atomic E-state index is 0.159. The van der Waals surface area contributed by atoms with Crippen molar-refractivity contribution in [1.29, 1.82) is 0 Å². The van der Waals surface area contributed by atoms with Crippen molar-refractivity contribution < 1.29 is 39.3 Å². The second kappa shape index (κ2) is 12.4. The number of aliphatic carboxylic acids is 3. The van der Waals surface area contributed by atoms with Gasteiger partial charge >= 0.3 is 17.9 Å². The summed E-state index contributed by atoms with van der Waals surface area (Å²) in [5.41, 5.74) is 5.82. The monoisotopic (exact) mass is 441 g/mol. The molecule has 0 spiro atoms. The van der Waals surface area contributed by atoms with Crippen LogP contribution >= 0.6 is 11.8 Å². The van der Waals surface area contributed by atoms with Crippen LogP contribution in [-0.2, 0) is 24.0 Å². The number of thioether (sulfide) groups is 1. The molecule has 3 atom stereocenters. The lowest BCUT2D eigenvalue weighted by molar-refractivity contribution is -0.139. The van der Waals surface area contributed by atoms with Crippen LogP contribution < -0.4 is 16.4 Å². The molecule has 0 radical (unpaired) electrons. The number of carboxylic acids is 3. The van der Waals surface area contributed by atoms with Crippen LogP contribution in [0.5, 0.6) is 0 Å². The van der Waals surface area contributed by atoms with Crippen LogP contribution in [0, 0.1) is 0 Å². The Hall–Kier alpha value is -3.12. The van der Waals surface area contributed by atoms with Crippen molar-refractivity contribution >= 4 is 41.5 Å². The molecule has 164 valence electrons. The maximum absolute atomic E-state index is 12.3. The van der Waals surface area contributed by atoms with E-state index in [9.17, 15) is 29.1 Å². The molecule has 30 heavy (non-hydrogen) atoms. The van der Waals surface area contributed by atoms with Gasteiger partial charge in [0.1, 0.15) is 23.9 Å². The Morgan fingerprint density at radius 3 is 2.17 bits per heavy atom. The van der Waals surface area contributed by atoms with Gasteiger partial charge in [-0.25, -0.2) is 0 Å². The Kier molecular flexibility index (Phi) is 10.3. The molecule has 1 aromatic rings. The highest BCUT2D eigenvalue weighted by molar-refractivity contribution is 8.00. The third-order valence-corrected chi connectivity index (χ3v) is 5.15. The Labute approximate surface area is 176 Å². The van der Waals surface area contributed by atoms with E-state index in [1.54, 1.807) is 30.3 Å². The highest BCUT2D eigenvalue weighted by atomic mass is 32.2. The maximum atomic E-state index is 12.3. The Morgan fingerprint density at radius 2 is 1.63 bits per heavy atom. The van der Waals surface area contributed by atoms with Crippen LogP contribution in [0.3, 0.4) is 0 Å². The van der Waals surface area contributed by atoms with Gasteiger partial charge in [0.25, 0.3) is 0 Å². The number of rotatable bonds is 13. The van der Waals surface area contributed by atoms with Gasteiger partial charge in [0.2, 0.25) is 11.8 Å². The summed E-state index contributed by atoms with van der Waals surface area (Å²) in [6, 6.07) is 5.78. The summed E-state index contributed by atoms with van der Waals surface area (Å²) >= 11 is 0.883. The number of carboxylic acid groups (broad SMARTS) is 3. The minimum Gasteiger partial charge on any atom is -0.480 e. The minimum atomic E-state index is -1.29. The molecule has 0 saturated heterocycles. The average molecular weight is 441 g/mol. The molecule has 0 aromatic heterocycles. The van der Waals surface area contributed by atoms with E-state index in [4.69, 9.17) is 15.9 Å².